The predicted octanol–water partition coefficient (Wildman–Crippen LogP) is 7.42. The van der Waals surface area contributed by atoms with Crippen LogP contribution in [-0.4, -0.2) is 18.9 Å². The molecule has 11 heteroatoms. The van der Waals surface area contributed by atoms with Crippen molar-refractivity contribution >= 4 is 8.96 Å². The number of ether oxygens (including phenoxy) is 1. The summed E-state index contributed by atoms with van der Waals surface area (Å²) in [7, 11) is 0.818. The van der Waals surface area contributed by atoms with Crippen LogP contribution in [0, 0.1) is 47.8 Å². The standard InChI is InChI=1S/C7H5F5NO2P.C7H8O.C6H13.C4H10.W/c8-2-3(9)5(11)7(6(12)4(2)10)15-16-13-1-14;1-8-7-5-3-2-4-6-7;1-4-6(3)5-2;1-4(2)3;/h13-14,16H,1H2;2-6H,1H3;6H,3-5H2,1-2H3;4H,1-3H3;/q;;-1;;. The molecule has 4 nitrogen and oxygen atoms in total. The van der Waals surface area contributed by atoms with Gasteiger partial charge in [0.1, 0.15) is 14.7 Å². The first-order valence-electron chi connectivity index (χ1n) is 10.7. The van der Waals surface area contributed by atoms with Crippen molar-refractivity contribution in [3.8, 4) is 11.5 Å². The molecule has 0 spiro atoms. The van der Waals surface area contributed by atoms with Gasteiger partial charge in [0.2, 0.25) is 34.8 Å². The van der Waals surface area contributed by atoms with E-state index in [-0.39, 0.29) is 21.1 Å². The Labute approximate surface area is 222 Å². The molecule has 202 valence electrons. The summed E-state index contributed by atoms with van der Waals surface area (Å²) in [6.45, 7) is 14.1. The Kier molecular flexibility index (Phi) is 25.3. The number of methoxy groups -OCH3 is 1. The third-order valence-corrected chi connectivity index (χ3v) is 4.22. The molecule has 1 unspecified atom stereocenters. The quantitative estimate of drug-likeness (QED) is 0.0603. The van der Waals surface area contributed by atoms with Gasteiger partial charge >= 0.3 is 0 Å². The number of hydrogen-bond acceptors (Lipinski definition) is 4. The Morgan fingerprint density at radius 2 is 1.29 bits per heavy atom. The van der Waals surface area contributed by atoms with Crippen molar-refractivity contribution < 1.29 is 57.4 Å². The molecule has 0 radical (unpaired) electrons. The predicted molar refractivity (Wildman–Crippen MR) is 128 cm³/mol. The Morgan fingerprint density at radius 1 is 0.886 bits per heavy atom. The molecule has 0 aliphatic carbocycles. The Balaban J connectivity index is -0.000000450. The number of aliphatic hydroxyl groups excluding tert-OH is 1. The minimum absolute atomic E-state index is 0. The van der Waals surface area contributed by atoms with Crippen LogP contribution in [0.5, 0.6) is 11.5 Å². The summed E-state index contributed by atoms with van der Waals surface area (Å²) >= 11 is 0. The summed E-state index contributed by atoms with van der Waals surface area (Å²) in [6, 6.07) is 9.68. The molecule has 0 bridgehead atoms. The van der Waals surface area contributed by atoms with Gasteiger partial charge in [-0.2, -0.15) is 14.7 Å². The fourth-order valence-corrected chi connectivity index (χ4v) is 2.06. The first-order chi connectivity index (χ1) is 16.0. The molecule has 2 aromatic carbocycles. The van der Waals surface area contributed by atoms with Crippen LogP contribution in [0.4, 0.5) is 22.0 Å². The third-order valence-electron chi connectivity index (χ3n) is 3.61. The number of halogens is 5. The zero-order valence-electron chi connectivity index (χ0n) is 20.9. The van der Waals surface area contributed by atoms with Crippen LogP contribution in [0.1, 0.15) is 47.5 Å². The van der Waals surface area contributed by atoms with Crippen molar-refractivity contribution in [2.45, 2.75) is 47.5 Å². The molecule has 0 aliphatic heterocycles. The summed E-state index contributed by atoms with van der Waals surface area (Å²) in [4.78, 5) is 0. The van der Waals surface area contributed by atoms with Gasteiger partial charge in [0.05, 0.1) is 13.8 Å². The Morgan fingerprint density at radius 3 is 1.57 bits per heavy atom. The van der Waals surface area contributed by atoms with E-state index < -0.39 is 50.5 Å². The van der Waals surface area contributed by atoms with Gasteiger partial charge in [0.15, 0.2) is 0 Å². The fourth-order valence-electron chi connectivity index (χ4n) is 1.64. The van der Waals surface area contributed by atoms with E-state index in [0.717, 1.165) is 11.7 Å². The van der Waals surface area contributed by atoms with E-state index in [4.69, 9.17) is 9.84 Å². The van der Waals surface area contributed by atoms with Gasteiger partial charge < -0.3 is 21.3 Å². The second-order valence-electron chi connectivity index (χ2n) is 7.37. The van der Waals surface area contributed by atoms with Crippen molar-refractivity contribution in [2.24, 2.45) is 11.8 Å². The van der Waals surface area contributed by atoms with Gasteiger partial charge in [-0.1, -0.05) is 65.7 Å². The van der Waals surface area contributed by atoms with Crippen LogP contribution < -0.4 is 14.3 Å². The third kappa shape index (κ3) is 17.7. The van der Waals surface area contributed by atoms with E-state index in [1.165, 1.54) is 12.8 Å². The van der Waals surface area contributed by atoms with Gasteiger partial charge in [-0.25, -0.2) is 18.3 Å². The van der Waals surface area contributed by atoms with Crippen LogP contribution >= 0.6 is 8.96 Å². The average molecular weight is 696 g/mol. The van der Waals surface area contributed by atoms with E-state index in [0.29, 0.717) is 5.92 Å². The molecule has 2 rings (SSSR count). The van der Waals surface area contributed by atoms with Gasteiger partial charge in [-0.15, -0.1) is 0 Å². The number of aliphatic hydroxyl groups is 1. The summed E-state index contributed by atoms with van der Waals surface area (Å²) in [5, 5.41) is 10.4. The van der Waals surface area contributed by atoms with Crippen molar-refractivity contribution in [1.29, 1.82) is 0 Å². The molecule has 0 saturated heterocycles. The monoisotopic (exact) mass is 696 g/mol. The molecule has 2 aromatic rings. The molecule has 0 aromatic heterocycles. The minimum Gasteiger partial charge on any atom is -0.497 e. The molecule has 0 saturated carbocycles. The summed E-state index contributed by atoms with van der Waals surface area (Å²) in [5.74, 6) is -9.47. The second kappa shape index (κ2) is 23.1. The van der Waals surface area contributed by atoms with Crippen LogP contribution in [0.25, 0.3) is 0 Å². The van der Waals surface area contributed by atoms with E-state index in [1.807, 2.05) is 30.3 Å². The molecule has 0 amide bonds. The largest absolute Gasteiger partial charge is 0.497 e. The maximum absolute atomic E-state index is 12.9. The van der Waals surface area contributed by atoms with Crippen LogP contribution in [0.15, 0.2) is 30.3 Å². The van der Waals surface area contributed by atoms with Gasteiger partial charge in [-0.3, -0.25) is 0 Å². The molecule has 2 N–H and O–H groups in total. The molecule has 35 heavy (non-hydrogen) atoms. The van der Waals surface area contributed by atoms with Crippen molar-refractivity contribution in [1.82, 2.24) is 5.09 Å². The molecule has 0 heterocycles. The molecular weight excluding hydrogens is 660 g/mol. The van der Waals surface area contributed by atoms with Gasteiger partial charge in [0, 0.05) is 21.1 Å². The number of benzene rings is 2. The van der Waals surface area contributed by atoms with Crippen molar-refractivity contribution in [3.05, 3.63) is 66.3 Å². The number of hydrogen-bond donors (Lipinski definition) is 2. The topological polar surface area (TPSA) is 50.7 Å². The van der Waals surface area contributed by atoms with Crippen LogP contribution in [0.3, 0.4) is 0 Å². The molecule has 0 fully saturated rings. The SMILES string of the molecule is CC(C)C.COc1ccccc1.OCNPOc1c(F)c(F)c(F)c(F)c1F.[CH2-]C(CC)CC.[W]. The first-order valence-corrected chi connectivity index (χ1v) is 11.6. The Bertz CT molecular complexity index is 754. The normalized spacial score (nSPS) is 9.91. The van der Waals surface area contributed by atoms with Crippen molar-refractivity contribution in [3.63, 3.8) is 0 Å². The minimum atomic E-state index is -2.25. The zero-order chi connectivity index (χ0) is 26.7. The van der Waals surface area contributed by atoms with Crippen LogP contribution in [-0.2, 0) is 21.1 Å². The second-order valence-corrected chi connectivity index (χ2v) is 8.13. The van der Waals surface area contributed by atoms with Crippen molar-refractivity contribution in [2.75, 3.05) is 13.8 Å². The average Bonchev–Trinajstić information content (AvgIpc) is 2.84. The van der Waals surface area contributed by atoms with E-state index in [2.05, 4.69) is 51.2 Å². The number of para-hydroxylation sites is 1. The maximum Gasteiger partial charge on any atom is 0.207 e. The van der Waals surface area contributed by atoms with E-state index >= 15 is 0 Å². The van der Waals surface area contributed by atoms with Gasteiger partial charge in [-0.05, 0) is 18.1 Å². The maximum atomic E-state index is 12.9. The van der Waals surface area contributed by atoms with Crippen LogP contribution in [0.2, 0.25) is 0 Å². The number of nitrogens with one attached hydrogen (secondary N) is 1. The number of rotatable bonds is 7. The summed E-state index contributed by atoms with van der Waals surface area (Å²) < 4.78 is 72.8. The van der Waals surface area contributed by atoms with E-state index in [1.54, 1.807) is 7.11 Å². The first kappa shape index (κ1) is 38.3. The summed E-state index contributed by atoms with van der Waals surface area (Å²) in [6.07, 6.45) is 2.44. The molecule has 0 aliphatic rings. The fraction of sp³-hybridized carbons (Fsp3) is 0.458. The molecular formula is C24H36F5NO3PW-. The van der Waals surface area contributed by atoms with E-state index in [9.17, 15) is 22.0 Å². The Hall–Kier alpha value is -1.27. The van der Waals surface area contributed by atoms with Gasteiger partial charge in [0.25, 0.3) is 0 Å². The molecule has 1 atom stereocenters. The summed E-state index contributed by atoms with van der Waals surface area (Å²) in [5.41, 5.74) is 0. The smallest absolute Gasteiger partial charge is 0.207 e. The zero-order valence-corrected chi connectivity index (χ0v) is 24.9.